The van der Waals surface area contributed by atoms with E-state index in [-0.39, 0.29) is 35.0 Å². The van der Waals surface area contributed by atoms with E-state index in [1.807, 2.05) is 0 Å². The fourth-order valence-electron chi connectivity index (χ4n) is 3.88. The molecule has 2 aliphatic heterocycles. The monoisotopic (exact) mass is 451 g/mol. The summed E-state index contributed by atoms with van der Waals surface area (Å²) in [6, 6.07) is 5.04. The molecule has 2 aromatic rings. The van der Waals surface area contributed by atoms with Crippen LogP contribution in [0.3, 0.4) is 0 Å². The number of carbonyl (C=O) groups excluding carboxylic acids is 2. The summed E-state index contributed by atoms with van der Waals surface area (Å²) in [4.78, 5) is 26.6. The summed E-state index contributed by atoms with van der Waals surface area (Å²) >= 11 is 1.08. The molecular formula is C20H25N3O5S2. The number of amides is 2. The third-order valence-electron chi connectivity index (χ3n) is 5.65. The lowest BCUT2D eigenvalue weighted by molar-refractivity contribution is -0.126. The van der Waals surface area contributed by atoms with Crippen LogP contribution < -0.4 is 5.32 Å². The lowest BCUT2D eigenvalue weighted by Gasteiger charge is -2.30. The molecule has 0 aliphatic carbocycles. The van der Waals surface area contributed by atoms with E-state index in [4.69, 9.17) is 4.42 Å². The first-order chi connectivity index (χ1) is 14.4. The number of thiophene rings is 1. The summed E-state index contributed by atoms with van der Waals surface area (Å²) in [5.74, 6) is 0.276. The molecule has 4 heterocycles. The van der Waals surface area contributed by atoms with Gasteiger partial charge in [0.1, 0.15) is 9.97 Å². The third-order valence-corrected chi connectivity index (χ3v) is 8.97. The van der Waals surface area contributed by atoms with Crippen LogP contribution in [-0.4, -0.2) is 55.6 Å². The van der Waals surface area contributed by atoms with E-state index in [9.17, 15) is 18.0 Å². The Kier molecular flexibility index (Phi) is 6.26. The number of furan rings is 1. The Morgan fingerprint density at radius 3 is 2.57 bits per heavy atom. The van der Waals surface area contributed by atoms with Crippen LogP contribution >= 0.6 is 11.3 Å². The summed E-state index contributed by atoms with van der Waals surface area (Å²) in [5, 5.41) is 4.47. The zero-order valence-corrected chi connectivity index (χ0v) is 18.2. The van der Waals surface area contributed by atoms with Gasteiger partial charge in [-0.1, -0.05) is 0 Å². The van der Waals surface area contributed by atoms with Crippen LogP contribution in [0.4, 0.5) is 0 Å². The standard InChI is InChI=1S/C20H25N3O5S2/c24-19(21-13-17-4-3-11-28-17)15-5-9-23(10-6-15)30(26,27)18-12-16(14-29-18)20(25)22-7-1-2-8-22/h3-4,11-12,14-15H,1-2,5-10,13H2,(H,21,24). The number of rotatable bonds is 6. The molecule has 2 aliphatic rings. The summed E-state index contributed by atoms with van der Waals surface area (Å²) in [6.45, 7) is 2.36. The smallest absolute Gasteiger partial charge is 0.254 e. The topological polar surface area (TPSA) is 99.9 Å². The summed E-state index contributed by atoms with van der Waals surface area (Å²) < 4.78 is 32.8. The van der Waals surface area contributed by atoms with Gasteiger partial charge in [0.05, 0.1) is 18.4 Å². The Labute approximate surface area is 179 Å². The Bertz CT molecular complexity index is 986. The first-order valence-electron chi connectivity index (χ1n) is 10.1. The molecule has 0 spiro atoms. The molecule has 0 bridgehead atoms. The molecule has 0 radical (unpaired) electrons. The van der Waals surface area contributed by atoms with Gasteiger partial charge in [-0.25, -0.2) is 8.42 Å². The fourth-order valence-corrected chi connectivity index (χ4v) is 6.66. The minimum Gasteiger partial charge on any atom is -0.467 e. The summed E-state index contributed by atoms with van der Waals surface area (Å²) in [7, 11) is -3.66. The van der Waals surface area contributed by atoms with Crippen LogP contribution in [-0.2, 0) is 21.4 Å². The molecule has 2 amide bonds. The fraction of sp³-hybridized carbons (Fsp3) is 0.500. The Balaban J connectivity index is 1.33. The minimum atomic E-state index is -3.66. The van der Waals surface area contributed by atoms with Crippen LogP contribution in [0.2, 0.25) is 0 Å². The van der Waals surface area contributed by atoms with Gasteiger partial charge in [-0.05, 0) is 43.9 Å². The number of hydrogen-bond acceptors (Lipinski definition) is 6. The maximum absolute atomic E-state index is 13.0. The number of nitrogens with zero attached hydrogens (tertiary/aromatic N) is 2. The average Bonchev–Trinajstić information content (AvgIpc) is 3.53. The Hall–Kier alpha value is -2.17. The first kappa shape index (κ1) is 21.1. The van der Waals surface area contributed by atoms with E-state index in [0.717, 1.165) is 37.3 Å². The van der Waals surface area contributed by atoms with Crippen LogP contribution in [0.15, 0.2) is 38.5 Å². The number of likely N-dealkylation sites (tertiary alicyclic amines) is 1. The van der Waals surface area contributed by atoms with Gasteiger partial charge in [0, 0.05) is 37.5 Å². The van der Waals surface area contributed by atoms with Gasteiger partial charge in [-0.2, -0.15) is 4.31 Å². The van der Waals surface area contributed by atoms with E-state index >= 15 is 0 Å². The van der Waals surface area contributed by atoms with Crippen molar-refractivity contribution in [2.24, 2.45) is 5.92 Å². The van der Waals surface area contributed by atoms with Crippen molar-refractivity contribution in [2.75, 3.05) is 26.2 Å². The number of piperidine rings is 1. The largest absolute Gasteiger partial charge is 0.467 e. The zero-order valence-electron chi connectivity index (χ0n) is 16.6. The molecule has 30 heavy (non-hydrogen) atoms. The Morgan fingerprint density at radius 1 is 1.17 bits per heavy atom. The van der Waals surface area contributed by atoms with Crippen molar-refractivity contribution in [1.29, 1.82) is 0 Å². The molecule has 10 heteroatoms. The summed E-state index contributed by atoms with van der Waals surface area (Å²) in [6.07, 6.45) is 4.47. The molecule has 4 rings (SSSR count). The van der Waals surface area contributed by atoms with Crippen molar-refractivity contribution in [3.05, 3.63) is 41.2 Å². The minimum absolute atomic E-state index is 0.0851. The Morgan fingerprint density at radius 2 is 1.90 bits per heavy atom. The van der Waals surface area contributed by atoms with Crippen molar-refractivity contribution in [3.63, 3.8) is 0 Å². The SMILES string of the molecule is O=C(NCc1ccco1)C1CCN(S(=O)(=O)c2cc(C(=O)N3CCCC3)cs2)CC1. The highest BCUT2D eigenvalue weighted by molar-refractivity contribution is 7.91. The number of carbonyl (C=O) groups is 2. The molecular weight excluding hydrogens is 426 g/mol. The highest BCUT2D eigenvalue weighted by atomic mass is 32.2. The van der Waals surface area contributed by atoms with Gasteiger partial charge in [-0.15, -0.1) is 11.3 Å². The lowest BCUT2D eigenvalue weighted by atomic mass is 9.97. The van der Waals surface area contributed by atoms with Crippen LogP contribution in [0, 0.1) is 5.92 Å². The third kappa shape index (κ3) is 4.45. The van der Waals surface area contributed by atoms with Crippen LogP contribution in [0.5, 0.6) is 0 Å². The van der Waals surface area contributed by atoms with Gasteiger partial charge >= 0.3 is 0 Å². The highest BCUT2D eigenvalue weighted by Crippen LogP contribution is 2.29. The quantitative estimate of drug-likeness (QED) is 0.726. The van der Waals surface area contributed by atoms with Crippen molar-refractivity contribution in [1.82, 2.24) is 14.5 Å². The van der Waals surface area contributed by atoms with Crippen LogP contribution in [0.25, 0.3) is 0 Å². The molecule has 8 nitrogen and oxygen atoms in total. The second-order valence-electron chi connectivity index (χ2n) is 7.63. The highest BCUT2D eigenvalue weighted by Gasteiger charge is 2.33. The summed E-state index contributed by atoms with van der Waals surface area (Å²) in [5.41, 5.74) is 0.438. The number of hydrogen-bond donors (Lipinski definition) is 1. The molecule has 0 aromatic carbocycles. The van der Waals surface area contributed by atoms with Gasteiger partial charge in [0.2, 0.25) is 5.91 Å². The van der Waals surface area contributed by atoms with E-state index in [2.05, 4.69) is 5.32 Å². The van der Waals surface area contributed by atoms with E-state index in [1.165, 1.54) is 10.4 Å². The molecule has 2 fully saturated rings. The van der Waals surface area contributed by atoms with E-state index in [0.29, 0.717) is 30.7 Å². The second-order valence-corrected chi connectivity index (χ2v) is 10.7. The van der Waals surface area contributed by atoms with Crippen molar-refractivity contribution in [2.45, 2.75) is 36.4 Å². The van der Waals surface area contributed by atoms with Crippen molar-refractivity contribution in [3.8, 4) is 0 Å². The van der Waals surface area contributed by atoms with Crippen molar-refractivity contribution < 1.29 is 22.4 Å². The normalized spacial score (nSPS) is 18.6. The van der Waals surface area contributed by atoms with Gasteiger partial charge < -0.3 is 14.6 Å². The van der Waals surface area contributed by atoms with Gasteiger partial charge in [0.15, 0.2) is 0 Å². The molecule has 2 aromatic heterocycles. The second kappa shape index (κ2) is 8.91. The van der Waals surface area contributed by atoms with Gasteiger partial charge in [-0.3, -0.25) is 9.59 Å². The maximum atomic E-state index is 13.0. The molecule has 0 unspecified atom stereocenters. The molecule has 1 N–H and O–H groups in total. The van der Waals surface area contributed by atoms with Crippen LogP contribution in [0.1, 0.15) is 41.8 Å². The zero-order chi connectivity index (χ0) is 21.1. The number of sulfonamides is 1. The first-order valence-corrected chi connectivity index (χ1v) is 12.4. The van der Waals surface area contributed by atoms with E-state index in [1.54, 1.807) is 28.7 Å². The van der Waals surface area contributed by atoms with Gasteiger partial charge in [0.25, 0.3) is 15.9 Å². The molecule has 162 valence electrons. The molecule has 0 saturated carbocycles. The average molecular weight is 452 g/mol. The maximum Gasteiger partial charge on any atom is 0.254 e. The predicted octanol–water partition coefficient (Wildman–Crippen LogP) is 2.29. The van der Waals surface area contributed by atoms with E-state index < -0.39 is 10.0 Å². The molecule has 2 saturated heterocycles. The lowest BCUT2D eigenvalue weighted by Crippen LogP contribution is -2.42. The number of nitrogens with one attached hydrogen (secondary N) is 1. The molecule has 0 atom stereocenters. The van der Waals surface area contributed by atoms with Crippen molar-refractivity contribution >= 4 is 33.2 Å². The predicted molar refractivity (Wildman–Crippen MR) is 111 cm³/mol.